The lowest BCUT2D eigenvalue weighted by atomic mass is 10.0. The van der Waals surface area contributed by atoms with Gasteiger partial charge in [0.15, 0.2) is 0 Å². The van der Waals surface area contributed by atoms with Crippen molar-refractivity contribution in [3.05, 3.63) is 22.3 Å². The van der Waals surface area contributed by atoms with Crippen LogP contribution in [0.2, 0.25) is 0 Å². The number of aliphatic hydroxyl groups is 1. The Hall–Kier alpha value is -0.610. The standard InChI is InChI=1S/C12H17BrN2O/c1-9-2-6-14-11(10(9)13)15-8-12(3-4-12)5-7-16/h2,6,16H,3-5,7-8H2,1H3,(H,14,15). The van der Waals surface area contributed by atoms with Gasteiger partial charge in [-0.15, -0.1) is 0 Å². The Bertz CT molecular complexity index is 377. The number of nitrogens with zero attached hydrogens (tertiary/aromatic N) is 1. The van der Waals surface area contributed by atoms with Gasteiger partial charge in [-0.3, -0.25) is 0 Å². The van der Waals surface area contributed by atoms with Crippen LogP contribution in [0.1, 0.15) is 24.8 Å². The summed E-state index contributed by atoms with van der Waals surface area (Å²) in [5.74, 6) is 0.907. The van der Waals surface area contributed by atoms with E-state index in [1.807, 2.05) is 12.3 Å². The third-order valence-electron chi connectivity index (χ3n) is 3.31. The van der Waals surface area contributed by atoms with Crippen LogP contribution in [-0.4, -0.2) is 23.2 Å². The summed E-state index contributed by atoms with van der Waals surface area (Å²) in [4.78, 5) is 4.31. The zero-order chi connectivity index (χ0) is 11.6. The Morgan fingerprint density at radius 3 is 2.94 bits per heavy atom. The van der Waals surface area contributed by atoms with Crippen molar-refractivity contribution in [2.24, 2.45) is 5.41 Å². The van der Waals surface area contributed by atoms with Crippen molar-refractivity contribution in [2.75, 3.05) is 18.5 Å². The van der Waals surface area contributed by atoms with Gasteiger partial charge in [-0.1, -0.05) is 0 Å². The Labute approximate surface area is 104 Å². The normalized spacial score (nSPS) is 17.2. The van der Waals surface area contributed by atoms with E-state index in [0.29, 0.717) is 5.41 Å². The second-order valence-electron chi connectivity index (χ2n) is 4.62. The fourth-order valence-electron chi connectivity index (χ4n) is 1.86. The lowest BCUT2D eigenvalue weighted by Gasteiger charge is -2.16. The van der Waals surface area contributed by atoms with E-state index >= 15 is 0 Å². The number of aromatic nitrogens is 1. The molecular formula is C12H17BrN2O. The van der Waals surface area contributed by atoms with E-state index < -0.39 is 0 Å². The monoisotopic (exact) mass is 284 g/mol. The number of halogens is 1. The molecule has 16 heavy (non-hydrogen) atoms. The molecule has 0 spiro atoms. The lowest BCUT2D eigenvalue weighted by molar-refractivity contribution is 0.253. The maximum atomic E-state index is 8.99. The molecule has 88 valence electrons. The molecule has 1 aromatic heterocycles. The van der Waals surface area contributed by atoms with Gasteiger partial charge in [0.2, 0.25) is 0 Å². The van der Waals surface area contributed by atoms with Gasteiger partial charge in [0.1, 0.15) is 5.82 Å². The minimum absolute atomic E-state index is 0.282. The van der Waals surface area contributed by atoms with Gasteiger partial charge in [-0.05, 0) is 59.2 Å². The Morgan fingerprint density at radius 2 is 2.31 bits per heavy atom. The zero-order valence-electron chi connectivity index (χ0n) is 9.46. The molecule has 0 aromatic carbocycles. The van der Waals surface area contributed by atoms with Gasteiger partial charge in [-0.25, -0.2) is 4.98 Å². The molecule has 2 rings (SSSR count). The van der Waals surface area contributed by atoms with Gasteiger partial charge in [0.25, 0.3) is 0 Å². The van der Waals surface area contributed by atoms with Crippen LogP contribution in [0.5, 0.6) is 0 Å². The molecule has 0 aliphatic heterocycles. The van der Waals surface area contributed by atoms with E-state index in [-0.39, 0.29) is 6.61 Å². The molecule has 4 heteroatoms. The molecule has 0 saturated heterocycles. The first kappa shape index (κ1) is 11.9. The van der Waals surface area contributed by atoms with E-state index in [1.165, 1.54) is 18.4 Å². The molecule has 2 N–H and O–H groups in total. The number of aliphatic hydroxyl groups excluding tert-OH is 1. The van der Waals surface area contributed by atoms with Crippen LogP contribution in [0.4, 0.5) is 5.82 Å². The van der Waals surface area contributed by atoms with Crippen molar-refractivity contribution < 1.29 is 5.11 Å². The number of hydrogen-bond donors (Lipinski definition) is 2. The van der Waals surface area contributed by atoms with Crippen molar-refractivity contribution in [2.45, 2.75) is 26.2 Å². The van der Waals surface area contributed by atoms with Crippen molar-refractivity contribution in [1.82, 2.24) is 4.98 Å². The molecule has 1 heterocycles. The second kappa shape index (κ2) is 4.72. The number of aryl methyl sites for hydroxylation is 1. The summed E-state index contributed by atoms with van der Waals surface area (Å²) in [6.45, 7) is 3.24. The summed E-state index contributed by atoms with van der Waals surface area (Å²) in [5, 5.41) is 12.4. The van der Waals surface area contributed by atoms with Gasteiger partial charge in [0.05, 0.1) is 4.47 Å². The van der Waals surface area contributed by atoms with Crippen LogP contribution in [0.25, 0.3) is 0 Å². The smallest absolute Gasteiger partial charge is 0.140 e. The van der Waals surface area contributed by atoms with Gasteiger partial charge in [-0.2, -0.15) is 0 Å². The third kappa shape index (κ3) is 2.55. The highest BCUT2D eigenvalue weighted by Gasteiger charge is 2.41. The van der Waals surface area contributed by atoms with E-state index in [1.54, 1.807) is 0 Å². The SMILES string of the molecule is Cc1ccnc(NCC2(CCO)CC2)c1Br. The molecule has 1 aromatic rings. The molecule has 0 radical (unpaired) electrons. The topological polar surface area (TPSA) is 45.2 Å². The number of rotatable bonds is 5. The third-order valence-corrected chi connectivity index (χ3v) is 4.31. The van der Waals surface area contributed by atoms with Crippen LogP contribution < -0.4 is 5.32 Å². The van der Waals surface area contributed by atoms with Crippen LogP contribution in [0, 0.1) is 12.3 Å². The minimum atomic E-state index is 0.282. The molecule has 0 amide bonds. The second-order valence-corrected chi connectivity index (χ2v) is 5.41. The maximum absolute atomic E-state index is 8.99. The summed E-state index contributed by atoms with van der Waals surface area (Å²) < 4.78 is 1.04. The molecule has 0 atom stereocenters. The zero-order valence-corrected chi connectivity index (χ0v) is 11.0. The Kier molecular flexibility index (Phi) is 3.50. The predicted octanol–water partition coefficient (Wildman–Crippen LogP) is 2.73. The molecule has 1 aliphatic rings. The molecule has 3 nitrogen and oxygen atoms in total. The van der Waals surface area contributed by atoms with E-state index in [0.717, 1.165) is 23.3 Å². The number of anilines is 1. The van der Waals surface area contributed by atoms with E-state index in [2.05, 4.69) is 33.2 Å². The summed E-state index contributed by atoms with van der Waals surface area (Å²) in [6, 6.07) is 1.98. The fourth-order valence-corrected chi connectivity index (χ4v) is 2.24. The number of nitrogens with one attached hydrogen (secondary N) is 1. The molecular weight excluding hydrogens is 268 g/mol. The molecule has 1 aliphatic carbocycles. The quantitative estimate of drug-likeness (QED) is 0.874. The lowest BCUT2D eigenvalue weighted by Crippen LogP contribution is -2.17. The van der Waals surface area contributed by atoms with Crippen molar-refractivity contribution >= 4 is 21.7 Å². The molecule has 0 unspecified atom stereocenters. The number of hydrogen-bond acceptors (Lipinski definition) is 3. The Balaban J connectivity index is 1.97. The van der Waals surface area contributed by atoms with Crippen molar-refractivity contribution in [3.8, 4) is 0 Å². The summed E-state index contributed by atoms with van der Waals surface area (Å²) >= 11 is 3.53. The predicted molar refractivity (Wildman–Crippen MR) is 68.5 cm³/mol. The van der Waals surface area contributed by atoms with Crippen LogP contribution in [0.15, 0.2) is 16.7 Å². The van der Waals surface area contributed by atoms with E-state index in [4.69, 9.17) is 5.11 Å². The molecule has 1 saturated carbocycles. The Morgan fingerprint density at radius 1 is 1.56 bits per heavy atom. The van der Waals surface area contributed by atoms with Gasteiger partial charge < -0.3 is 10.4 Å². The summed E-state index contributed by atoms with van der Waals surface area (Å²) in [6.07, 6.45) is 5.13. The van der Waals surface area contributed by atoms with E-state index in [9.17, 15) is 0 Å². The fraction of sp³-hybridized carbons (Fsp3) is 0.583. The van der Waals surface area contributed by atoms with Crippen molar-refractivity contribution in [3.63, 3.8) is 0 Å². The first-order valence-electron chi connectivity index (χ1n) is 5.63. The highest BCUT2D eigenvalue weighted by atomic mass is 79.9. The average molecular weight is 285 g/mol. The molecule has 1 fully saturated rings. The van der Waals surface area contributed by atoms with Crippen molar-refractivity contribution in [1.29, 1.82) is 0 Å². The van der Waals surface area contributed by atoms with Gasteiger partial charge >= 0.3 is 0 Å². The highest BCUT2D eigenvalue weighted by molar-refractivity contribution is 9.10. The maximum Gasteiger partial charge on any atom is 0.140 e. The van der Waals surface area contributed by atoms with Gasteiger partial charge in [0, 0.05) is 19.3 Å². The van der Waals surface area contributed by atoms with Crippen LogP contribution >= 0.6 is 15.9 Å². The average Bonchev–Trinajstić information content (AvgIpc) is 3.02. The largest absolute Gasteiger partial charge is 0.396 e. The first-order valence-corrected chi connectivity index (χ1v) is 6.42. The summed E-state index contributed by atoms with van der Waals surface area (Å²) in [7, 11) is 0. The van der Waals surface area contributed by atoms with Crippen LogP contribution in [-0.2, 0) is 0 Å². The highest BCUT2D eigenvalue weighted by Crippen LogP contribution is 2.48. The van der Waals surface area contributed by atoms with Crippen LogP contribution in [0.3, 0.4) is 0 Å². The number of pyridine rings is 1. The first-order chi connectivity index (χ1) is 7.67. The summed E-state index contributed by atoms with van der Waals surface area (Å²) in [5.41, 5.74) is 1.50. The molecule has 0 bridgehead atoms. The minimum Gasteiger partial charge on any atom is -0.396 e.